The van der Waals surface area contributed by atoms with Gasteiger partial charge >= 0.3 is 5.97 Å². The molecule has 1 atom stereocenters. The van der Waals surface area contributed by atoms with Gasteiger partial charge in [0, 0.05) is 0 Å². The van der Waals surface area contributed by atoms with E-state index in [0.717, 1.165) is 5.56 Å². The van der Waals surface area contributed by atoms with Gasteiger partial charge in [0.2, 0.25) is 5.76 Å². The molecule has 0 aliphatic heterocycles. The lowest BCUT2D eigenvalue weighted by Crippen LogP contribution is -2.03. The third-order valence-electron chi connectivity index (χ3n) is 2.86. The fourth-order valence-corrected chi connectivity index (χ4v) is 1.81. The van der Waals surface area contributed by atoms with Crippen molar-refractivity contribution in [1.82, 2.24) is 0 Å². The summed E-state index contributed by atoms with van der Waals surface area (Å²) in [6.07, 6.45) is -0.417. The number of carboxylic acids is 1. The number of hydrogen-bond acceptors (Lipinski definition) is 4. The van der Waals surface area contributed by atoms with E-state index < -0.39 is 12.1 Å². The average Bonchev–Trinajstić information content (AvgIpc) is 2.90. The number of aromatic carboxylic acids is 1. The Morgan fingerprint density at radius 1 is 1.25 bits per heavy atom. The van der Waals surface area contributed by atoms with E-state index >= 15 is 0 Å². The van der Waals surface area contributed by atoms with Crippen molar-refractivity contribution < 1.29 is 23.8 Å². The van der Waals surface area contributed by atoms with Gasteiger partial charge in [-0.05, 0) is 43.7 Å². The van der Waals surface area contributed by atoms with Crippen molar-refractivity contribution in [3.8, 4) is 11.5 Å². The molecule has 5 heteroatoms. The Bertz CT molecular complexity index is 614. The average molecular weight is 276 g/mol. The second kappa shape index (κ2) is 5.69. The second-order valence-corrected chi connectivity index (χ2v) is 4.42. The topological polar surface area (TPSA) is 68.9 Å². The monoisotopic (exact) mass is 276 g/mol. The van der Waals surface area contributed by atoms with Gasteiger partial charge in [-0.2, -0.15) is 0 Å². The highest BCUT2D eigenvalue weighted by atomic mass is 16.5. The molecule has 2 aromatic rings. The number of benzene rings is 1. The van der Waals surface area contributed by atoms with Gasteiger partial charge in [-0.1, -0.05) is 6.07 Å². The van der Waals surface area contributed by atoms with Crippen LogP contribution in [0.4, 0.5) is 0 Å². The SMILES string of the molecule is COc1cc(C)ccc1OC(C)c1ccc(C(=O)O)o1. The van der Waals surface area contributed by atoms with Crippen LogP contribution in [0.1, 0.15) is 34.9 Å². The quantitative estimate of drug-likeness (QED) is 0.906. The number of carbonyl (C=O) groups is 1. The highest BCUT2D eigenvalue weighted by molar-refractivity contribution is 5.84. The molecule has 0 saturated heterocycles. The maximum Gasteiger partial charge on any atom is 0.371 e. The van der Waals surface area contributed by atoms with Crippen LogP contribution in [-0.4, -0.2) is 18.2 Å². The molecule has 106 valence electrons. The molecule has 0 bridgehead atoms. The first kappa shape index (κ1) is 14.0. The highest BCUT2D eigenvalue weighted by Crippen LogP contribution is 2.32. The molecule has 1 aromatic carbocycles. The summed E-state index contributed by atoms with van der Waals surface area (Å²) in [7, 11) is 1.57. The number of ether oxygens (including phenoxy) is 2. The first-order valence-electron chi connectivity index (χ1n) is 6.15. The normalized spacial score (nSPS) is 11.9. The second-order valence-electron chi connectivity index (χ2n) is 4.42. The fourth-order valence-electron chi connectivity index (χ4n) is 1.81. The van der Waals surface area contributed by atoms with Gasteiger partial charge in [0.05, 0.1) is 7.11 Å². The first-order chi connectivity index (χ1) is 9.51. The van der Waals surface area contributed by atoms with Crippen LogP contribution in [0.2, 0.25) is 0 Å². The minimum Gasteiger partial charge on any atom is -0.493 e. The molecule has 1 aromatic heterocycles. The maximum absolute atomic E-state index is 10.8. The molecule has 1 unspecified atom stereocenters. The minimum atomic E-state index is -1.10. The van der Waals surface area contributed by atoms with Gasteiger partial charge < -0.3 is 19.0 Å². The van der Waals surface area contributed by atoms with Gasteiger partial charge in [-0.3, -0.25) is 0 Å². The van der Waals surface area contributed by atoms with Crippen LogP contribution in [-0.2, 0) is 0 Å². The van der Waals surface area contributed by atoms with Crippen molar-refractivity contribution in [2.75, 3.05) is 7.11 Å². The van der Waals surface area contributed by atoms with E-state index in [4.69, 9.17) is 19.0 Å². The molecular formula is C15H16O5. The number of rotatable bonds is 5. The van der Waals surface area contributed by atoms with E-state index in [2.05, 4.69) is 0 Å². The van der Waals surface area contributed by atoms with E-state index in [0.29, 0.717) is 17.3 Å². The lowest BCUT2D eigenvalue weighted by atomic mass is 10.2. The lowest BCUT2D eigenvalue weighted by molar-refractivity contribution is 0.0655. The summed E-state index contributed by atoms with van der Waals surface area (Å²) in [5, 5.41) is 8.83. The van der Waals surface area contributed by atoms with Gasteiger partial charge in [0.15, 0.2) is 17.6 Å². The van der Waals surface area contributed by atoms with E-state index in [-0.39, 0.29) is 5.76 Å². The third-order valence-corrected chi connectivity index (χ3v) is 2.86. The Balaban J connectivity index is 2.18. The van der Waals surface area contributed by atoms with Crippen LogP contribution in [0.15, 0.2) is 34.7 Å². The first-order valence-corrected chi connectivity index (χ1v) is 6.15. The summed E-state index contributed by atoms with van der Waals surface area (Å²) in [5.74, 6) is 0.452. The lowest BCUT2D eigenvalue weighted by Gasteiger charge is -2.15. The maximum atomic E-state index is 10.8. The summed E-state index contributed by atoms with van der Waals surface area (Å²) in [6.45, 7) is 3.74. The molecule has 0 aliphatic carbocycles. The van der Waals surface area contributed by atoms with Gasteiger partial charge in [-0.15, -0.1) is 0 Å². The number of carboxylic acid groups (broad SMARTS) is 1. The Labute approximate surface area is 116 Å². The summed E-state index contributed by atoms with van der Waals surface area (Å²) in [6, 6.07) is 8.59. The van der Waals surface area contributed by atoms with Crippen LogP contribution in [0, 0.1) is 6.92 Å². The summed E-state index contributed by atoms with van der Waals surface area (Å²) < 4.78 is 16.2. The van der Waals surface area contributed by atoms with E-state index in [1.165, 1.54) is 6.07 Å². The Morgan fingerprint density at radius 3 is 2.60 bits per heavy atom. The highest BCUT2D eigenvalue weighted by Gasteiger charge is 2.17. The van der Waals surface area contributed by atoms with E-state index in [1.54, 1.807) is 20.1 Å². The Kier molecular flexibility index (Phi) is 3.98. The predicted octanol–water partition coefficient (Wildman–Crippen LogP) is 3.43. The molecule has 0 spiro atoms. The van der Waals surface area contributed by atoms with Crippen molar-refractivity contribution >= 4 is 5.97 Å². The molecule has 0 aliphatic rings. The number of hydrogen-bond donors (Lipinski definition) is 1. The molecule has 1 heterocycles. The number of methoxy groups -OCH3 is 1. The standard InChI is InChI=1S/C15H16O5/c1-9-4-5-12(14(8-9)18-3)19-10(2)11-6-7-13(20-11)15(16)17/h4-8,10H,1-3H3,(H,16,17). The van der Waals surface area contributed by atoms with Crippen LogP contribution < -0.4 is 9.47 Å². The smallest absolute Gasteiger partial charge is 0.371 e. The van der Waals surface area contributed by atoms with Gasteiger partial charge in [0.1, 0.15) is 5.76 Å². The van der Waals surface area contributed by atoms with Crippen molar-refractivity contribution in [1.29, 1.82) is 0 Å². The van der Waals surface area contributed by atoms with Crippen LogP contribution in [0.3, 0.4) is 0 Å². The largest absolute Gasteiger partial charge is 0.493 e. The van der Waals surface area contributed by atoms with E-state index in [1.807, 2.05) is 25.1 Å². The molecule has 5 nitrogen and oxygen atoms in total. The number of furan rings is 1. The van der Waals surface area contributed by atoms with Crippen molar-refractivity contribution in [3.05, 3.63) is 47.4 Å². The molecule has 0 saturated carbocycles. The zero-order valence-electron chi connectivity index (χ0n) is 11.5. The molecule has 20 heavy (non-hydrogen) atoms. The van der Waals surface area contributed by atoms with E-state index in [9.17, 15) is 4.79 Å². The van der Waals surface area contributed by atoms with Crippen LogP contribution in [0.5, 0.6) is 11.5 Å². The Morgan fingerprint density at radius 2 is 2.00 bits per heavy atom. The van der Waals surface area contributed by atoms with Gasteiger partial charge in [0.25, 0.3) is 0 Å². The van der Waals surface area contributed by atoms with Crippen molar-refractivity contribution in [2.45, 2.75) is 20.0 Å². The fraction of sp³-hybridized carbons (Fsp3) is 0.267. The van der Waals surface area contributed by atoms with Gasteiger partial charge in [-0.25, -0.2) is 4.79 Å². The molecular weight excluding hydrogens is 260 g/mol. The predicted molar refractivity (Wildman–Crippen MR) is 72.4 cm³/mol. The summed E-state index contributed by atoms with van der Waals surface area (Å²) in [4.78, 5) is 10.8. The zero-order valence-corrected chi connectivity index (χ0v) is 11.5. The molecule has 2 rings (SSSR count). The van der Waals surface area contributed by atoms with Crippen LogP contribution >= 0.6 is 0 Å². The number of aryl methyl sites for hydroxylation is 1. The molecule has 0 fully saturated rings. The van der Waals surface area contributed by atoms with Crippen LogP contribution in [0.25, 0.3) is 0 Å². The van der Waals surface area contributed by atoms with Crippen molar-refractivity contribution in [2.24, 2.45) is 0 Å². The minimum absolute atomic E-state index is 0.105. The molecule has 0 radical (unpaired) electrons. The Hall–Kier alpha value is -2.43. The third kappa shape index (κ3) is 2.93. The molecule has 1 N–H and O–H groups in total. The summed E-state index contributed by atoms with van der Waals surface area (Å²) >= 11 is 0. The zero-order chi connectivity index (χ0) is 14.7. The molecule has 0 amide bonds. The van der Waals surface area contributed by atoms with Crippen molar-refractivity contribution in [3.63, 3.8) is 0 Å². The summed E-state index contributed by atoms with van der Waals surface area (Å²) in [5.41, 5.74) is 1.06.